The summed E-state index contributed by atoms with van der Waals surface area (Å²) in [5.41, 5.74) is 0.208. The third kappa shape index (κ3) is 3.10. The molecule has 2 aromatic rings. The van der Waals surface area contributed by atoms with Crippen molar-refractivity contribution in [3.05, 3.63) is 40.1 Å². The van der Waals surface area contributed by atoms with Gasteiger partial charge in [0.15, 0.2) is 0 Å². The van der Waals surface area contributed by atoms with Gasteiger partial charge in [0.05, 0.1) is 15.2 Å². The van der Waals surface area contributed by atoms with Crippen LogP contribution in [0.5, 0.6) is 0 Å². The fraction of sp³-hybridized carbons (Fsp3) is 0.182. The number of benzene rings is 1. The first kappa shape index (κ1) is 14.0. The Labute approximate surface area is 121 Å². The molecule has 1 aromatic carbocycles. The largest absolute Gasteiger partial charge is 0.323 e. The Hall–Kier alpha value is -1.47. The highest BCUT2D eigenvalue weighted by Gasteiger charge is 2.17. The zero-order valence-electron chi connectivity index (χ0n) is 9.77. The smallest absolute Gasteiger partial charge is 0.249 e. The standard InChI is InChI=1S/C11H9BrClFN4O/c1-6(18-5-15-4-16-18)11(19)17-10-3-9(14)7(12)2-8(10)13/h2-6H,1H3,(H,17,19)/t6-/m0/s1. The highest BCUT2D eigenvalue weighted by Crippen LogP contribution is 2.29. The Morgan fingerprint density at radius 1 is 1.58 bits per heavy atom. The number of rotatable bonds is 3. The van der Waals surface area contributed by atoms with Crippen LogP contribution in [0.2, 0.25) is 5.02 Å². The minimum absolute atomic E-state index is 0.208. The molecule has 0 bridgehead atoms. The molecule has 1 aromatic heterocycles. The fourth-order valence-electron chi connectivity index (χ4n) is 1.39. The summed E-state index contributed by atoms with van der Waals surface area (Å²) in [6.07, 6.45) is 2.75. The summed E-state index contributed by atoms with van der Waals surface area (Å²) < 4.78 is 15.0. The van der Waals surface area contributed by atoms with E-state index in [1.807, 2.05) is 0 Å². The fourth-order valence-corrected chi connectivity index (χ4v) is 2.08. The van der Waals surface area contributed by atoms with Crippen LogP contribution in [-0.4, -0.2) is 20.7 Å². The maximum atomic E-state index is 13.4. The molecule has 5 nitrogen and oxygen atoms in total. The Balaban J connectivity index is 2.17. The van der Waals surface area contributed by atoms with E-state index in [-0.39, 0.29) is 21.1 Å². The molecule has 0 saturated heterocycles. The van der Waals surface area contributed by atoms with Gasteiger partial charge in [-0.2, -0.15) is 5.10 Å². The second-order valence-corrected chi connectivity index (χ2v) is 5.05. The van der Waals surface area contributed by atoms with Crippen LogP contribution in [0.15, 0.2) is 29.3 Å². The number of amides is 1. The van der Waals surface area contributed by atoms with E-state index in [4.69, 9.17) is 11.6 Å². The van der Waals surface area contributed by atoms with E-state index < -0.39 is 11.9 Å². The number of anilines is 1. The first-order valence-electron chi connectivity index (χ1n) is 5.28. The Bertz CT molecular complexity index is 605. The van der Waals surface area contributed by atoms with Gasteiger partial charge in [-0.25, -0.2) is 14.1 Å². The molecule has 0 saturated carbocycles. The number of nitrogens with zero attached hydrogens (tertiary/aromatic N) is 3. The molecule has 0 fully saturated rings. The summed E-state index contributed by atoms with van der Waals surface area (Å²) in [7, 11) is 0. The monoisotopic (exact) mass is 346 g/mol. The van der Waals surface area contributed by atoms with Gasteiger partial charge in [-0.3, -0.25) is 4.79 Å². The average Bonchev–Trinajstić information content (AvgIpc) is 2.88. The van der Waals surface area contributed by atoms with Crippen molar-refractivity contribution >= 4 is 39.1 Å². The van der Waals surface area contributed by atoms with Crippen molar-refractivity contribution in [1.82, 2.24) is 14.8 Å². The van der Waals surface area contributed by atoms with Crippen molar-refractivity contribution in [3.8, 4) is 0 Å². The van der Waals surface area contributed by atoms with Crippen molar-refractivity contribution < 1.29 is 9.18 Å². The quantitative estimate of drug-likeness (QED) is 0.868. The van der Waals surface area contributed by atoms with E-state index in [0.29, 0.717) is 0 Å². The predicted molar refractivity (Wildman–Crippen MR) is 72.5 cm³/mol. The molecule has 0 unspecified atom stereocenters. The highest BCUT2D eigenvalue weighted by atomic mass is 79.9. The van der Waals surface area contributed by atoms with Crippen molar-refractivity contribution in [3.63, 3.8) is 0 Å². The molecule has 0 aliphatic rings. The molecule has 19 heavy (non-hydrogen) atoms. The number of nitrogens with one attached hydrogen (secondary N) is 1. The maximum absolute atomic E-state index is 13.4. The molecule has 2 rings (SSSR count). The minimum atomic E-state index is -0.578. The van der Waals surface area contributed by atoms with Gasteiger partial charge in [0.25, 0.3) is 0 Å². The number of hydrogen-bond acceptors (Lipinski definition) is 3. The van der Waals surface area contributed by atoms with Crippen LogP contribution in [-0.2, 0) is 4.79 Å². The van der Waals surface area contributed by atoms with Gasteiger partial charge in [0.1, 0.15) is 24.5 Å². The summed E-state index contributed by atoms with van der Waals surface area (Å²) in [5, 5.41) is 6.65. The van der Waals surface area contributed by atoms with Crippen LogP contribution < -0.4 is 5.32 Å². The lowest BCUT2D eigenvalue weighted by atomic mass is 10.2. The summed E-state index contributed by atoms with van der Waals surface area (Å²) >= 11 is 8.94. The van der Waals surface area contributed by atoms with Crippen molar-refractivity contribution in [2.24, 2.45) is 0 Å². The number of halogens is 3. The summed E-state index contributed by atoms with van der Waals surface area (Å²) in [6, 6.07) is 1.95. The molecule has 0 aliphatic carbocycles. The van der Waals surface area contributed by atoms with Gasteiger partial charge in [-0.1, -0.05) is 11.6 Å². The summed E-state index contributed by atoms with van der Waals surface area (Å²) in [5.74, 6) is -0.873. The highest BCUT2D eigenvalue weighted by molar-refractivity contribution is 9.10. The molecule has 1 atom stereocenters. The van der Waals surface area contributed by atoms with Crippen LogP contribution in [0, 0.1) is 5.82 Å². The predicted octanol–water partition coefficient (Wildman–Crippen LogP) is 3.03. The molecule has 1 heterocycles. The van der Waals surface area contributed by atoms with Gasteiger partial charge in [-0.05, 0) is 28.9 Å². The van der Waals surface area contributed by atoms with Gasteiger partial charge in [0, 0.05) is 6.07 Å². The van der Waals surface area contributed by atoms with Crippen molar-refractivity contribution in [2.75, 3.05) is 5.32 Å². The molecule has 8 heteroatoms. The van der Waals surface area contributed by atoms with Crippen LogP contribution in [0.4, 0.5) is 10.1 Å². The molecule has 0 radical (unpaired) electrons. The van der Waals surface area contributed by atoms with Crippen molar-refractivity contribution in [1.29, 1.82) is 0 Å². The van der Waals surface area contributed by atoms with E-state index >= 15 is 0 Å². The van der Waals surface area contributed by atoms with Gasteiger partial charge < -0.3 is 5.32 Å². The molecular weight excluding hydrogens is 339 g/mol. The second kappa shape index (κ2) is 5.66. The van der Waals surface area contributed by atoms with E-state index in [1.165, 1.54) is 23.4 Å². The molecule has 100 valence electrons. The van der Waals surface area contributed by atoms with E-state index in [9.17, 15) is 9.18 Å². The van der Waals surface area contributed by atoms with Gasteiger partial charge >= 0.3 is 0 Å². The zero-order valence-corrected chi connectivity index (χ0v) is 12.1. The molecule has 1 N–H and O–H groups in total. The molecule has 0 spiro atoms. The SMILES string of the molecule is C[C@@H](C(=O)Nc1cc(F)c(Br)cc1Cl)n1cncn1. The summed E-state index contributed by atoms with van der Waals surface area (Å²) in [6.45, 7) is 1.65. The van der Waals surface area contributed by atoms with Crippen molar-refractivity contribution in [2.45, 2.75) is 13.0 Å². The van der Waals surface area contributed by atoms with E-state index in [2.05, 4.69) is 31.3 Å². The average molecular weight is 348 g/mol. The molecular formula is C11H9BrClFN4O. The van der Waals surface area contributed by atoms with Gasteiger partial charge in [-0.15, -0.1) is 0 Å². The third-order valence-corrected chi connectivity index (χ3v) is 3.40. The third-order valence-electron chi connectivity index (χ3n) is 2.48. The topological polar surface area (TPSA) is 59.8 Å². The lowest BCUT2D eigenvalue weighted by molar-refractivity contribution is -0.119. The number of carbonyl (C=O) groups is 1. The lowest BCUT2D eigenvalue weighted by Crippen LogP contribution is -2.24. The summed E-state index contributed by atoms with van der Waals surface area (Å²) in [4.78, 5) is 15.7. The van der Waals surface area contributed by atoms with Gasteiger partial charge in [0.2, 0.25) is 5.91 Å². The number of aromatic nitrogens is 3. The Morgan fingerprint density at radius 2 is 2.32 bits per heavy atom. The zero-order chi connectivity index (χ0) is 14.0. The van der Waals surface area contributed by atoms with Crippen LogP contribution in [0.25, 0.3) is 0 Å². The normalized spacial score (nSPS) is 12.2. The first-order chi connectivity index (χ1) is 8.99. The number of carbonyl (C=O) groups excluding carboxylic acids is 1. The lowest BCUT2D eigenvalue weighted by Gasteiger charge is -2.13. The minimum Gasteiger partial charge on any atom is -0.323 e. The second-order valence-electron chi connectivity index (χ2n) is 3.79. The van der Waals surface area contributed by atoms with E-state index in [1.54, 1.807) is 6.92 Å². The maximum Gasteiger partial charge on any atom is 0.249 e. The van der Waals surface area contributed by atoms with Crippen LogP contribution >= 0.6 is 27.5 Å². The molecule has 1 amide bonds. The van der Waals surface area contributed by atoms with Crippen LogP contribution in [0.1, 0.15) is 13.0 Å². The first-order valence-corrected chi connectivity index (χ1v) is 6.45. The van der Waals surface area contributed by atoms with Crippen LogP contribution in [0.3, 0.4) is 0 Å². The number of hydrogen-bond donors (Lipinski definition) is 1. The van der Waals surface area contributed by atoms with E-state index in [0.717, 1.165) is 6.07 Å². The Morgan fingerprint density at radius 3 is 2.95 bits per heavy atom. The Kier molecular flexibility index (Phi) is 4.16. The molecule has 0 aliphatic heterocycles.